The highest BCUT2D eigenvalue weighted by Gasteiger charge is 2.27. The zero-order chi connectivity index (χ0) is 22.8. The van der Waals surface area contributed by atoms with E-state index >= 15 is 0 Å². The van der Waals surface area contributed by atoms with E-state index < -0.39 is 0 Å². The molecule has 9 heteroatoms. The molecule has 168 valence electrons. The highest BCUT2D eigenvalue weighted by Crippen LogP contribution is 2.25. The monoisotopic (exact) mass is 444 g/mol. The fraction of sp³-hybridized carbons (Fsp3) is 0.292. The molecular formula is C24H24N6O3. The lowest BCUT2D eigenvalue weighted by molar-refractivity contribution is 0.0679. The fourth-order valence-electron chi connectivity index (χ4n) is 4.31. The van der Waals surface area contributed by atoms with Crippen LogP contribution in [0, 0.1) is 12.8 Å². The molecule has 0 spiro atoms. The predicted molar refractivity (Wildman–Crippen MR) is 121 cm³/mol. The number of carbonyl (C=O) groups excluding carboxylic acids is 1. The molecule has 0 bridgehead atoms. The van der Waals surface area contributed by atoms with Gasteiger partial charge in [-0.3, -0.25) is 9.78 Å². The van der Waals surface area contributed by atoms with Crippen LogP contribution in [0.2, 0.25) is 0 Å². The minimum absolute atomic E-state index is 0.135. The molecule has 1 aromatic carbocycles. The molecule has 1 saturated heterocycles. The number of pyridine rings is 1. The SMILES string of the molecule is Cc1ccccc1-n1c(CC2CCN(C(=O)c3cc(-c4cccnc4)on3)CC2)n[nH]c1=O. The smallest absolute Gasteiger partial charge is 0.347 e. The molecule has 1 N–H and O–H groups in total. The summed E-state index contributed by atoms with van der Waals surface area (Å²) in [5.41, 5.74) is 2.70. The Labute approximate surface area is 190 Å². The van der Waals surface area contributed by atoms with Gasteiger partial charge in [-0.25, -0.2) is 14.5 Å². The molecular weight excluding hydrogens is 420 g/mol. The molecule has 1 fully saturated rings. The number of amides is 1. The number of aryl methyl sites for hydroxylation is 1. The number of hydrogen-bond donors (Lipinski definition) is 1. The van der Waals surface area contributed by atoms with Gasteiger partial charge in [0.2, 0.25) is 0 Å². The molecule has 0 atom stereocenters. The number of benzene rings is 1. The van der Waals surface area contributed by atoms with Crippen LogP contribution in [0.3, 0.4) is 0 Å². The first-order valence-corrected chi connectivity index (χ1v) is 11.0. The van der Waals surface area contributed by atoms with E-state index in [4.69, 9.17) is 4.52 Å². The highest BCUT2D eigenvalue weighted by atomic mass is 16.5. The van der Waals surface area contributed by atoms with Crippen molar-refractivity contribution in [3.8, 4) is 17.0 Å². The van der Waals surface area contributed by atoms with Crippen LogP contribution in [-0.2, 0) is 6.42 Å². The number of nitrogens with one attached hydrogen (secondary N) is 1. The third-order valence-electron chi connectivity index (χ3n) is 6.15. The third-order valence-corrected chi connectivity index (χ3v) is 6.15. The van der Waals surface area contributed by atoms with Gasteiger partial charge in [-0.05, 0) is 49.4 Å². The van der Waals surface area contributed by atoms with E-state index in [1.807, 2.05) is 43.3 Å². The van der Waals surface area contributed by atoms with E-state index in [1.54, 1.807) is 27.9 Å². The van der Waals surface area contributed by atoms with Gasteiger partial charge in [0.25, 0.3) is 5.91 Å². The molecule has 1 aliphatic heterocycles. The van der Waals surface area contributed by atoms with Crippen molar-refractivity contribution in [3.05, 3.63) is 82.4 Å². The normalized spacial score (nSPS) is 14.5. The van der Waals surface area contributed by atoms with Crippen molar-refractivity contribution in [2.24, 2.45) is 5.92 Å². The van der Waals surface area contributed by atoms with Crippen LogP contribution >= 0.6 is 0 Å². The zero-order valence-corrected chi connectivity index (χ0v) is 18.3. The summed E-state index contributed by atoms with van der Waals surface area (Å²) >= 11 is 0. The lowest BCUT2D eigenvalue weighted by Crippen LogP contribution is -2.39. The van der Waals surface area contributed by atoms with Gasteiger partial charge in [0.15, 0.2) is 11.5 Å². The van der Waals surface area contributed by atoms with Crippen LogP contribution in [0.15, 0.2) is 64.2 Å². The van der Waals surface area contributed by atoms with Gasteiger partial charge in [0.1, 0.15) is 5.82 Å². The van der Waals surface area contributed by atoms with E-state index in [0.29, 0.717) is 36.9 Å². The molecule has 1 amide bonds. The third kappa shape index (κ3) is 4.21. The lowest BCUT2D eigenvalue weighted by Gasteiger charge is -2.31. The summed E-state index contributed by atoms with van der Waals surface area (Å²) in [6, 6.07) is 13.1. The van der Waals surface area contributed by atoms with Gasteiger partial charge < -0.3 is 9.42 Å². The molecule has 33 heavy (non-hydrogen) atoms. The van der Waals surface area contributed by atoms with Crippen molar-refractivity contribution in [1.82, 2.24) is 29.8 Å². The summed E-state index contributed by atoms with van der Waals surface area (Å²) in [7, 11) is 0. The number of aromatic nitrogens is 5. The van der Waals surface area contributed by atoms with E-state index in [2.05, 4.69) is 20.3 Å². The number of aromatic amines is 1. The van der Waals surface area contributed by atoms with E-state index in [0.717, 1.165) is 35.5 Å². The quantitative estimate of drug-likeness (QED) is 0.507. The summed E-state index contributed by atoms with van der Waals surface area (Å²) < 4.78 is 7.00. The topological polar surface area (TPSA) is 110 Å². The number of rotatable bonds is 5. The van der Waals surface area contributed by atoms with Crippen molar-refractivity contribution in [3.63, 3.8) is 0 Å². The van der Waals surface area contributed by atoms with Crippen LogP contribution < -0.4 is 5.69 Å². The second-order valence-electron chi connectivity index (χ2n) is 8.32. The molecule has 4 aromatic rings. The Morgan fingerprint density at radius 1 is 1.18 bits per heavy atom. The van der Waals surface area contributed by atoms with Crippen LogP contribution in [0.1, 0.15) is 34.7 Å². The summed E-state index contributed by atoms with van der Waals surface area (Å²) in [5.74, 6) is 1.44. The molecule has 9 nitrogen and oxygen atoms in total. The Hall–Kier alpha value is -4.01. The summed E-state index contributed by atoms with van der Waals surface area (Å²) in [6.07, 6.45) is 5.68. The standard InChI is InChI=1S/C24H24N6O3/c1-16-5-2-3-7-20(16)30-22(26-27-24(30)32)13-17-8-11-29(12-9-17)23(31)19-14-21(33-28-19)18-6-4-10-25-15-18/h2-7,10,14-15,17H,8-9,11-13H2,1H3,(H,27,32). The number of carbonyl (C=O) groups is 1. The van der Waals surface area contributed by atoms with Gasteiger partial charge >= 0.3 is 5.69 Å². The summed E-state index contributed by atoms with van der Waals surface area (Å²) in [5, 5.41) is 10.8. The molecule has 4 heterocycles. The van der Waals surface area contributed by atoms with Crippen molar-refractivity contribution >= 4 is 5.91 Å². The minimum Gasteiger partial charge on any atom is -0.355 e. The first-order chi connectivity index (χ1) is 16.1. The minimum atomic E-state index is -0.234. The second-order valence-corrected chi connectivity index (χ2v) is 8.32. The average molecular weight is 444 g/mol. The van der Waals surface area contributed by atoms with Crippen molar-refractivity contribution in [2.45, 2.75) is 26.2 Å². The Bertz CT molecular complexity index is 1320. The lowest BCUT2D eigenvalue weighted by atomic mass is 9.93. The average Bonchev–Trinajstić information content (AvgIpc) is 3.48. The molecule has 1 aliphatic rings. The molecule has 5 rings (SSSR count). The molecule has 0 aliphatic carbocycles. The molecule has 3 aromatic heterocycles. The van der Waals surface area contributed by atoms with Gasteiger partial charge in [-0.15, -0.1) is 0 Å². The maximum atomic E-state index is 12.9. The summed E-state index contributed by atoms with van der Waals surface area (Å²) in [6.45, 7) is 3.22. The maximum absolute atomic E-state index is 12.9. The second kappa shape index (κ2) is 8.85. The number of likely N-dealkylation sites (tertiary alicyclic amines) is 1. The van der Waals surface area contributed by atoms with Gasteiger partial charge in [0, 0.05) is 43.5 Å². The van der Waals surface area contributed by atoms with Crippen molar-refractivity contribution in [2.75, 3.05) is 13.1 Å². The Morgan fingerprint density at radius 2 is 2.00 bits per heavy atom. The summed E-state index contributed by atoms with van der Waals surface area (Å²) in [4.78, 5) is 31.2. The fourth-order valence-corrected chi connectivity index (χ4v) is 4.31. The van der Waals surface area contributed by atoms with Crippen molar-refractivity contribution in [1.29, 1.82) is 0 Å². The van der Waals surface area contributed by atoms with E-state index in [-0.39, 0.29) is 11.6 Å². The zero-order valence-electron chi connectivity index (χ0n) is 18.3. The van der Waals surface area contributed by atoms with E-state index in [9.17, 15) is 9.59 Å². The molecule has 0 saturated carbocycles. The largest absolute Gasteiger partial charge is 0.355 e. The van der Waals surface area contributed by atoms with Gasteiger partial charge in [0.05, 0.1) is 5.69 Å². The Balaban J connectivity index is 1.24. The molecule has 0 radical (unpaired) electrons. The highest BCUT2D eigenvalue weighted by molar-refractivity contribution is 5.93. The number of para-hydroxylation sites is 1. The Kier molecular flexibility index (Phi) is 5.60. The number of hydrogen-bond acceptors (Lipinski definition) is 6. The first-order valence-electron chi connectivity index (χ1n) is 11.0. The van der Waals surface area contributed by atoms with Crippen LogP contribution in [-0.4, -0.2) is 48.8 Å². The molecule has 0 unspecified atom stereocenters. The van der Waals surface area contributed by atoms with Gasteiger partial charge in [-0.1, -0.05) is 23.4 Å². The van der Waals surface area contributed by atoms with Crippen LogP contribution in [0.4, 0.5) is 0 Å². The van der Waals surface area contributed by atoms with E-state index in [1.165, 1.54) is 0 Å². The van der Waals surface area contributed by atoms with Crippen LogP contribution in [0.25, 0.3) is 17.0 Å². The predicted octanol–water partition coefficient (Wildman–Crippen LogP) is 3.01. The van der Waals surface area contributed by atoms with Crippen LogP contribution in [0.5, 0.6) is 0 Å². The number of piperidine rings is 1. The first kappa shape index (κ1) is 20.9. The van der Waals surface area contributed by atoms with Crippen molar-refractivity contribution < 1.29 is 9.32 Å². The van der Waals surface area contributed by atoms with Gasteiger partial charge in [-0.2, -0.15) is 5.10 Å². The Morgan fingerprint density at radius 3 is 2.76 bits per heavy atom. The number of nitrogens with zero attached hydrogens (tertiary/aromatic N) is 5. The number of H-pyrrole nitrogens is 1. The maximum Gasteiger partial charge on any atom is 0.347 e.